The van der Waals surface area contributed by atoms with Crippen molar-refractivity contribution in [3.05, 3.63) is 24.0 Å². The number of hydrogen-bond donors (Lipinski definition) is 1. The average Bonchev–Trinajstić information content (AvgIpc) is 3.34. The lowest BCUT2D eigenvalue weighted by atomic mass is 9.59. The lowest BCUT2D eigenvalue weighted by Crippen LogP contribution is -2.59. The number of amides is 1. The van der Waals surface area contributed by atoms with Crippen LogP contribution in [0.3, 0.4) is 0 Å². The van der Waals surface area contributed by atoms with Gasteiger partial charge in [0.05, 0.1) is 10.8 Å². The maximum atomic E-state index is 12.4. The number of rotatable bonds is 4. The molecule has 2 saturated carbocycles. The summed E-state index contributed by atoms with van der Waals surface area (Å²) >= 11 is 0. The molecule has 1 N–H and O–H groups in total. The van der Waals surface area contributed by atoms with Crippen molar-refractivity contribution in [3.63, 3.8) is 0 Å². The van der Waals surface area contributed by atoms with Crippen molar-refractivity contribution in [2.45, 2.75) is 49.8 Å². The third-order valence-corrected chi connectivity index (χ3v) is 8.49. The van der Waals surface area contributed by atoms with Gasteiger partial charge in [0.2, 0.25) is 10.0 Å². The van der Waals surface area contributed by atoms with Gasteiger partial charge >= 0.3 is 0 Å². The Balaban J connectivity index is 1.37. The monoisotopic (exact) mass is 351 g/mol. The molecule has 132 valence electrons. The average molecular weight is 351 g/mol. The summed E-state index contributed by atoms with van der Waals surface area (Å²) in [6, 6.07) is 2.00. The maximum absolute atomic E-state index is 12.4. The normalized spacial score (nSPS) is 27.0. The van der Waals surface area contributed by atoms with E-state index in [0.717, 1.165) is 38.5 Å². The predicted octanol–water partition coefficient (Wildman–Crippen LogP) is 1.49. The van der Waals surface area contributed by atoms with Crippen LogP contribution >= 0.6 is 0 Å². The minimum atomic E-state index is -3.06. The van der Waals surface area contributed by atoms with Crippen LogP contribution in [0.2, 0.25) is 0 Å². The fourth-order valence-corrected chi connectivity index (χ4v) is 6.01. The molecule has 24 heavy (non-hydrogen) atoms. The number of piperidine rings is 1. The van der Waals surface area contributed by atoms with Crippen LogP contribution in [0.15, 0.2) is 18.5 Å². The number of carbonyl (C=O) groups is 1. The van der Waals surface area contributed by atoms with Gasteiger partial charge < -0.3 is 9.88 Å². The molecule has 0 unspecified atom stereocenters. The Kier molecular flexibility index (Phi) is 3.76. The second kappa shape index (κ2) is 5.59. The summed E-state index contributed by atoms with van der Waals surface area (Å²) in [5.41, 5.74) is 0.785. The first-order chi connectivity index (χ1) is 11.4. The smallest absolute Gasteiger partial charge is 0.253 e. The molecule has 7 heteroatoms. The molecule has 1 aromatic rings. The first-order valence-electron chi connectivity index (χ1n) is 8.83. The molecular formula is C17H25N3O3S. The fourth-order valence-electron chi connectivity index (χ4n) is 4.16. The van der Waals surface area contributed by atoms with Crippen molar-refractivity contribution in [1.82, 2.24) is 14.2 Å². The van der Waals surface area contributed by atoms with Gasteiger partial charge in [-0.1, -0.05) is 0 Å². The molecule has 1 atom stereocenters. The van der Waals surface area contributed by atoms with E-state index in [1.165, 1.54) is 0 Å². The van der Waals surface area contributed by atoms with E-state index in [1.54, 1.807) is 4.31 Å². The molecular weight excluding hydrogens is 326 g/mol. The van der Waals surface area contributed by atoms with E-state index < -0.39 is 10.0 Å². The van der Waals surface area contributed by atoms with Gasteiger partial charge in [0.15, 0.2) is 0 Å². The molecule has 4 rings (SSSR count). The van der Waals surface area contributed by atoms with Crippen molar-refractivity contribution in [1.29, 1.82) is 0 Å². The van der Waals surface area contributed by atoms with E-state index in [-0.39, 0.29) is 22.6 Å². The first-order valence-corrected chi connectivity index (χ1v) is 10.3. The molecule has 1 aromatic heterocycles. The molecule has 0 bridgehead atoms. The molecule has 3 fully saturated rings. The van der Waals surface area contributed by atoms with E-state index in [1.807, 2.05) is 30.1 Å². The number of sulfonamides is 1. The number of carbonyl (C=O) groups excluding carboxylic acids is 1. The van der Waals surface area contributed by atoms with Gasteiger partial charge in [-0.25, -0.2) is 12.7 Å². The zero-order valence-corrected chi connectivity index (χ0v) is 14.9. The number of aromatic nitrogens is 1. The third kappa shape index (κ3) is 2.67. The van der Waals surface area contributed by atoms with E-state index >= 15 is 0 Å². The SMILES string of the molecule is Cn1ccc(C(=O)N[C@@H]2CCC23CCN(S(=O)(=O)C2CC2)CC3)c1. The van der Waals surface area contributed by atoms with E-state index in [2.05, 4.69) is 5.32 Å². The van der Waals surface area contributed by atoms with Crippen molar-refractivity contribution in [2.75, 3.05) is 13.1 Å². The van der Waals surface area contributed by atoms with Crippen molar-refractivity contribution >= 4 is 15.9 Å². The lowest BCUT2D eigenvalue weighted by molar-refractivity contribution is 0.0126. The highest BCUT2D eigenvalue weighted by molar-refractivity contribution is 7.90. The largest absolute Gasteiger partial charge is 0.356 e. The summed E-state index contributed by atoms with van der Waals surface area (Å²) in [5, 5.41) is 3.05. The Labute approximate surface area is 143 Å². The number of nitrogens with zero attached hydrogens (tertiary/aromatic N) is 2. The molecule has 0 radical (unpaired) electrons. The van der Waals surface area contributed by atoms with E-state index in [4.69, 9.17) is 0 Å². The molecule has 1 amide bonds. The van der Waals surface area contributed by atoms with Crippen molar-refractivity contribution in [2.24, 2.45) is 12.5 Å². The second-order valence-corrected chi connectivity index (χ2v) is 9.85. The molecule has 2 aliphatic carbocycles. The van der Waals surface area contributed by atoms with Crippen LogP contribution in [0, 0.1) is 5.41 Å². The Hall–Kier alpha value is -1.34. The summed E-state index contributed by atoms with van der Waals surface area (Å²) in [4.78, 5) is 12.4. The minimum Gasteiger partial charge on any atom is -0.356 e. The Morgan fingerprint density at radius 3 is 2.42 bits per heavy atom. The zero-order chi connectivity index (χ0) is 16.9. The quantitative estimate of drug-likeness (QED) is 0.893. The molecule has 3 aliphatic rings. The highest BCUT2D eigenvalue weighted by atomic mass is 32.2. The van der Waals surface area contributed by atoms with Crippen LogP contribution in [0.25, 0.3) is 0 Å². The lowest BCUT2D eigenvalue weighted by Gasteiger charge is -2.53. The molecule has 2 heterocycles. The molecule has 6 nitrogen and oxygen atoms in total. The van der Waals surface area contributed by atoms with Gasteiger partial charge in [-0.05, 0) is 50.0 Å². The van der Waals surface area contributed by atoms with Crippen molar-refractivity contribution < 1.29 is 13.2 Å². The summed E-state index contributed by atoms with van der Waals surface area (Å²) in [6.45, 7) is 1.22. The summed E-state index contributed by atoms with van der Waals surface area (Å²) < 4.78 is 28.3. The van der Waals surface area contributed by atoms with Gasteiger partial charge in [0, 0.05) is 38.6 Å². The number of nitrogens with one attached hydrogen (secondary N) is 1. The van der Waals surface area contributed by atoms with Gasteiger partial charge in [0.1, 0.15) is 0 Å². The third-order valence-electron chi connectivity index (χ3n) is 6.09. The molecule has 1 spiro atoms. The standard InChI is InChI=1S/C17H25N3O3S/c1-19-9-5-13(12-19)16(21)18-15-4-6-17(15)7-10-20(11-8-17)24(22,23)14-2-3-14/h5,9,12,14-15H,2-4,6-8,10-11H2,1H3,(H,18,21)/t15-/m1/s1. The summed E-state index contributed by atoms with van der Waals surface area (Å²) in [5.74, 6) is -0.0206. The fraction of sp³-hybridized carbons (Fsp3) is 0.706. The number of hydrogen-bond acceptors (Lipinski definition) is 3. The van der Waals surface area contributed by atoms with Gasteiger partial charge in [-0.2, -0.15) is 0 Å². The Bertz CT molecular complexity index is 743. The van der Waals surface area contributed by atoms with Gasteiger partial charge in [-0.3, -0.25) is 4.79 Å². The Morgan fingerprint density at radius 2 is 1.92 bits per heavy atom. The first kappa shape index (κ1) is 16.1. The van der Waals surface area contributed by atoms with Crippen LogP contribution in [0.5, 0.6) is 0 Å². The summed E-state index contributed by atoms with van der Waals surface area (Å²) in [7, 11) is -1.16. The van der Waals surface area contributed by atoms with Crippen LogP contribution in [0.1, 0.15) is 48.9 Å². The molecule has 1 saturated heterocycles. The van der Waals surface area contributed by atoms with Crippen LogP contribution < -0.4 is 5.32 Å². The van der Waals surface area contributed by atoms with Crippen LogP contribution in [-0.4, -0.2) is 47.6 Å². The van der Waals surface area contributed by atoms with Crippen LogP contribution in [-0.2, 0) is 17.1 Å². The Morgan fingerprint density at radius 1 is 1.21 bits per heavy atom. The van der Waals surface area contributed by atoms with Gasteiger partial charge in [-0.15, -0.1) is 0 Å². The maximum Gasteiger partial charge on any atom is 0.253 e. The number of aryl methyl sites for hydroxylation is 1. The van der Waals surface area contributed by atoms with Crippen molar-refractivity contribution in [3.8, 4) is 0 Å². The van der Waals surface area contributed by atoms with E-state index in [9.17, 15) is 13.2 Å². The predicted molar refractivity (Wildman–Crippen MR) is 91.1 cm³/mol. The highest BCUT2D eigenvalue weighted by Gasteiger charge is 2.51. The van der Waals surface area contributed by atoms with Crippen LogP contribution in [0.4, 0.5) is 0 Å². The summed E-state index contributed by atoms with van der Waals surface area (Å²) in [6.07, 6.45) is 9.13. The van der Waals surface area contributed by atoms with E-state index in [0.29, 0.717) is 18.7 Å². The topological polar surface area (TPSA) is 71.4 Å². The minimum absolute atomic E-state index is 0.0206. The highest BCUT2D eigenvalue weighted by Crippen LogP contribution is 2.50. The second-order valence-electron chi connectivity index (χ2n) is 7.64. The molecule has 0 aromatic carbocycles. The molecule has 1 aliphatic heterocycles. The zero-order valence-electron chi connectivity index (χ0n) is 14.1. The van der Waals surface area contributed by atoms with Gasteiger partial charge in [0.25, 0.3) is 5.91 Å².